The maximum Gasteiger partial charge on any atom is 0.326 e. The van der Waals surface area contributed by atoms with Crippen molar-refractivity contribution in [3.05, 3.63) is 60.0 Å². The van der Waals surface area contributed by atoms with Crippen molar-refractivity contribution in [3.8, 4) is 28.4 Å². The molecule has 32 heavy (non-hydrogen) atoms. The van der Waals surface area contributed by atoms with Crippen molar-refractivity contribution in [2.45, 2.75) is 19.9 Å². The average molecular weight is 441 g/mol. The Hall–Kier alpha value is -3.88. The molecule has 1 heterocycles. The lowest BCUT2D eigenvalue weighted by molar-refractivity contribution is -0.140. The van der Waals surface area contributed by atoms with Crippen LogP contribution < -0.4 is 14.8 Å². The summed E-state index contributed by atoms with van der Waals surface area (Å²) in [5.74, 6) is -1.59. The largest absolute Gasteiger partial charge is 0.496 e. The molecule has 0 radical (unpaired) electrons. The van der Waals surface area contributed by atoms with Crippen molar-refractivity contribution in [2.75, 3.05) is 14.2 Å². The molecule has 0 aliphatic rings. The summed E-state index contributed by atoms with van der Waals surface area (Å²) < 4.78 is 25.9. The number of benzene rings is 2. The van der Waals surface area contributed by atoms with E-state index in [9.17, 15) is 19.1 Å². The minimum atomic E-state index is -1.14. The van der Waals surface area contributed by atoms with Crippen LogP contribution in [0.15, 0.2) is 48.5 Å². The minimum Gasteiger partial charge on any atom is -0.496 e. The first-order chi connectivity index (χ1) is 15.3. The second-order valence-corrected chi connectivity index (χ2v) is 7.37. The third-order valence-electron chi connectivity index (χ3n) is 4.92. The first kappa shape index (κ1) is 22.8. The lowest BCUT2D eigenvalue weighted by Crippen LogP contribution is -2.44. The number of carboxylic acids is 1. The van der Waals surface area contributed by atoms with Gasteiger partial charge in [-0.15, -0.1) is 0 Å². The lowest BCUT2D eigenvalue weighted by atomic mass is 10.0. The molecule has 2 aromatic carbocycles. The van der Waals surface area contributed by atoms with Gasteiger partial charge >= 0.3 is 5.97 Å². The van der Waals surface area contributed by atoms with Crippen LogP contribution in [0.3, 0.4) is 0 Å². The molecule has 0 saturated heterocycles. The monoisotopic (exact) mass is 441 g/mol. The quantitative estimate of drug-likeness (QED) is 0.554. The van der Waals surface area contributed by atoms with Gasteiger partial charge in [0.2, 0.25) is 0 Å². The van der Waals surface area contributed by atoms with E-state index in [1.54, 1.807) is 32.0 Å². The van der Waals surface area contributed by atoms with E-state index in [2.05, 4.69) is 10.4 Å². The van der Waals surface area contributed by atoms with Gasteiger partial charge in [0.15, 0.2) is 5.69 Å². The molecule has 3 rings (SSSR count). The fourth-order valence-electron chi connectivity index (χ4n) is 3.28. The number of carbonyl (C=O) groups is 2. The zero-order valence-corrected chi connectivity index (χ0v) is 18.1. The molecule has 0 saturated carbocycles. The molecule has 3 aromatic rings. The molecule has 1 amide bonds. The number of rotatable bonds is 8. The Bertz CT molecular complexity index is 1100. The molecule has 0 fully saturated rings. The van der Waals surface area contributed by atoms with Gasteiger partial charge < -0.3 is 19.9 Å². The fraction of sp³-hybridized carbons (Fsp3) is 0.261. The van der Waals surface area contributed by atoms with E-state index < -0.39 is 23.7 Å². The van der Waals surface area contributed by atoms with E-state index in [-0.39, 0.29) is 11.6 Å². The van der Waals surface area contributed by atoms with E-state index in [4.69, 9.17) is 9.47 Å². The summed E-state index contributed by atoms with van der Waals surface area (Å²) in [4.78, 5) is 24.4. The van der Waals surface area contributed by atoms with Crippen molar-refractivity contribution < 1.29 is 28.6 Å². The number of ether oxygens (including phenoxy) is 2. The van der Waals surface area contributed by atoms with Crippen LogP contribution in [0.4, 0.5) is 4.39 Å². The van der Waals surface area contributed by atoms with Crippen LogP contribution >= 0.6 is 0 Å². The van der Waals surface area contributed by atoms with Crippen molar-refractivity contribution in [2.24, 2.45) is 5.92 Å². The molecule has 168 valence electrons. The Morgan fingerprint density at radius 3 is 2.16 bits per heavy atom. The van der Waals surface area contributed by atoms with Gasteiger partial charge in [-0.05, 0) is 48.4 Å². The third kappa shape index (κ3) is 4.56. The van der Waals surface area contributed by atoms with Gasteiger partial charge in [0, 0.05) is 0 Å². The Balaban J connectivity index is 2.17. The zero-order valence-electron chi connectivity index (χ0n) is 18.1. The summed E-state index contributed by atoms with van der Waals surface area (Å²) in [5.41, 5.74) is 1.47. The van der Waals surface area contributed by atoms with Crippen molar-refractivity contribution in [1.82, 2.24) is 15.1 Å². The highest BCUT2D eigenvalue weighted by Gasteiger charge is 2.27. The van der Waals surface area contributed by atoms with Crippen molar-refractivity contribution >= 4 is 11.9 Å². The highest BCUT2D eigenvalue weighted by atomic mass is 19.1. The average Bonchev–Trinajstić information content (AvgIpc) is 3.21. The molecule has 1 unspecified atom stereocenters. The van der Waals surface area contributed by atoms with E-state index in [0.717, 1.165) is 0 Å². The number of hydrogen-bond acceptors (Lipinski definition) is 5. The van der Waals surface area contributed by atoms with Gasteiger partial charge in [-0.3, -0.25) is 4.79 Å². The number of hydrogen-bond donors (Lipinski definition) is 2. The first-order valence-electron chi connectivity index (χ1n) is 9.87. The number of carbonyl (C=O) groups excluding carboxylic acids is 1. The Morgan fingerprint density at radius 2 is 1.66 bits per heavy atom. The molecule has 9 heteroatoms. The molecule has 0 aliphatic heterocycles. The summed E-state index contributed by atoms with van der Waals surface area (Å²) in [6.07, 6.45) is 0. The molecule has 2 N–H and O–H groups in total. The predicted octanol–water partition coefficient (Wildman–Crippen LogP) is 3.53. The smallest absolute Gasteiger partial charge is 0.326 e. The van der Waals surface area contributed by atoms with Gasteiger partial charge in [-0.25, -0.2) is 13.9 Å². The number of carboxylic acid groups (broad SMARTS) is 1. The molecule has 0 spiro atoms. The van der Waals surface area contributed by atoms with Gasteiger partial charge in [0.05, 0.1) is 31.2 Å². The summed E-state index contributed by atoms with van der Waals surface area (Å²) in [7, 11) is 3.01. The van der Waals surface area contributed by atoms with E-state index in [1.165, 1.54) is 49.2 Å². The standard InChI is InChI=1S/C23H24FN3O5/c1-13(2)21(23(29)30)25-22(28)16-12-17(20-18(31-3)6-5-7-19(20)32-4)27(26-16)15-10-8-14(24)9-11-15/h5-13,21H,1-4H3,(H,25,28)(H,29,30). The highest BCUT2D eigenvalue weighted by molar-refractivity contribution is 5.96. The van der Waals surface area contributed by atoms with Crippen LogP contribution in [0.5, 0.6) is 11.5 Å². The van der Waals surface area contributed by atoms with Gasteiger partial charge in [-0.2, -0.15) is 5.10 Å². The molecule has 1 aromatic heterocycles. The van der Waals surface area contributed by atoms with Gasteiger partial charge in [-0.1, -0.05) is 19.9 Å². The highest BCUT2D eigenvalue weighted by Crippen LogP contribution is 2.39. The van der Waals surface area contributed by atoms with E-state index >= 15 is 0 Å². The number of halogens is 1. The Labute approximate surface area is 184 Å². The van der Waals surface area contributed by atoms with E-state index in [0.29, 0.717) is 28.4 Å². The minimum absolute atomic E-state index is 0.0100. The summed E-state index contributed by atoms with van der Waals surface area (Å²) in [6.45, 7) is 3.39. The van der Waals surface area contributed by atoms with Crippen LogP contribution in [0.2, 0.25) is 0 Å². The number of aliphatic carboxylic acids is 1. The summed E-state index contributed by atoms with van der Waals surface area (Å²) in [6, 6.07) is 11.2. The second-order valence-electron chi connectivity index (χ2n) is 7.37. The van der Waals surface area contributed by atoms with Crippen molar-refractivity contribution in [3.63, 3.8) is 0 Å². The normalized spacial score (nSPS) is 11.8. The zero-order chi connectivity index (χ0) is 23.4. The maximum absolute atomic E-state index is 13.5. The molecule has 0 aliphatic carbocycles. The molecule has 0 bridgehead atoms. The maximum atomic E-state index is 13.5. The number of aromatic nitrogens is 2. The third-order valence-corrected chi connectivity index (χ3v) is 4.92. The Kier molecular flexibility index (Phi) is 6.77. The first-order valence-corrected chi connectivity index (χ1v) is 9.87. The van der Waals surface area contributed by atoms with Crippen LogP contribution in [-0.2, 0) is 4.79 Å². The van der Waals surface area contributed by atoms with Crippen LogP contribution in [0.25, 0.3) is 16.9 Å². The summed E-state index contributed by atoms with van der Waals surface area (Å²) >= 11 is 0. The van der Waals surface area contributed by atoms with Gasteiger partial charge in [0.1, 0.15) is 23.4 Å². The molecule has 8 nitrogen and oxygen atoms in total. The van der Waals surface area contributed by atoms with Gasteiger partial charge in [0.25, 0.3) is 5.91 Å². The molecular weight excluding hydrogens is 417 g/mol. The fourth-order valence-corrected chi connectivity index (χ4v) is 3.28. The predicted molar refractivity (Wildman–Crippen MR) is 116 cm³/mol. The van der Waals surface area contributed by atoms with Crippen molar-refractivity contribution in [1.29, 1.82) is 0 Å². The number of nitrogens with zero attached hydrogens (tertiary/aromatic N) is 2. The lowest BCUT2D eigenvalue weighted by Gasteiger charge is -2.16. The second kappa shape index (κ2) is 9.51. The van der Waals surface area contributed by atoms with Crippen LogP contribution in [0, 0.1) is 11.7 Å². The van der Waals surface area contributed by atoms with Crippen LogP contribution in [0.1, 0.15) is 24.3 Å². The van der Waals surface area contributed by atoms with Crippen LogP contribution in [-0.4, -0.2) is 47.0 Å². The number of amides is 1. The molecule has 1 atom stereocenters. The molecular formula is C23H24FN3O5. The number of methoxy groups -OCH3 is 2. The Morgan fingerprint density at radius 1 is 1.06 bits per heavy atom. The topological polar surface area (TPSA) is 103 Å². The van der Waals surface area contributed by atoms with E-state index in [1.807, 2.05) is 0 Å². The SMILES string of the molecule is COc1cccc(OC)c1-c1cc(C(=O)NC(C(=O)O)C(C)C)nn1-c1ccc(F)cc1. The summed E-state index contributed by atoms with van der Waals surface area (Å²) in [5, 5.41) is 16.3. The number of nitrogens with one attached hydrogen (secondary N) is 1.